The number of non-ortho nitro benzene ring substituents is 1. The summed E-state index contributed by atoms with van der Waals surface area (Å²) in [7, 11) is 0. The van der Waals surface area contributed by atoms with Crippen molar-refractivity contribution < 1.29 is 33.9 Å². The van der Waals surface area contributed by atoms with Gasteiger partial charge in [0.05, 0.1) is 46.1 Å². The Bertz CT molecular complexity index is 2220. The number of phenols is 1. The first kappa shape index (κ1) is 33.3. The minimum atomic E-state index is -1.58. The predicted molar refractivity (Wildman–Crippen MR) is 191 cm³/mol. The zero-order valence-corrected chi connectivity index (χ0v) is 28.6. The Labute approximate surface area is 303 Å². The standard InChI is InChI=1S/C40H32ClN3O8/c1-2-52-32-16-8-15-29(35(32)45)34-27-17-18-28-33(38(48)42(36(28)46)25-13-7-14-26(20-25)44(50)51)30(27)21-31-37(47)43(24-12-6-11-23(41)19-24)39(49)40(31,34)22-9-4-3-5-10-22/h3-17,19-20,28,30-31,33-34,45H,2,18,21H2,1H3. The summed E-state index contributed by atoms with van der Waals surface area (Å²) in [4.78, 5) is 72.0. The summed E-state index contributed by atoms with van der Waals surface area (Å²) in [5.41, 5.74) is 0.0888. The second-order valence-corrected chi connectivity index (χ2v) is 13.9. The highest BCUT2D eigenvalue weighted by Gasteiger charge is 2.70. The lowest BCUT2D eigenvalue weighted by Crippen LogP contribution is -2.53. The predicted octanol–water partition coefficient (Wildman–Crippen LogP) is 6.72. The first-order valence-corrected chi connectivity index (χ1v) is 17.4. The van der Waals surface area contributed by atoms with E-state index in [1.807, 2.05) is 12.1 Å². The number of ether oxygens (including phenoxy) is 1. The third kappa shape index (κ3) is 4.72. The number of nitrogens with zero attached hydrogens (tertiary/aromatic N) is 3. The Balaban J connectivity index is 1.35. The van der Waals surface area contributed by atoms with Crippen molar-refractivity contribution in [3.8, 4) is 11.5 Å². The molecule has 0 radical (unpaired) electrons. The fourth-order valence-corrected chi connectivity index (χ4v) is 9.32. The number of anilines is 2. The number of fused-ring (bicyclic) bond motifs is 4. The van der Waals surface area contributed by atoms with Crippen LogP contribution >= 0.6 is 11.6 Å². The minimum absolute atomic E-state index is 0.0493. The van der Waals surface area contributed by atoms with Crippen LogP contribution < -0.4 is 14.5 Å². The van der Waals surface area contributed by atoms with Crippen molar-refractivity contribution in [2.75, 3.05) is 16.4 Å². The Morgan fingerprint density at radius 1 is 0.865 bits per heavy atom. The maximum absolute atomic E-state index is 15.4. The van der Waals surface area contributed by atoms with Crippen molar-refractivity contribution in [2.24, 2.45) is 23.7 Å². The monoisotopic (exact) mass is 717 g/mol. The molecule has 0 aromatic heterocycles. The molecule has 6 unspecified atom stereocenters. The molecule has 4 amide bonds. The molecule has 1 saturated carbocycles. The Kier molecular flexibility index (Phi) is 7.98. The lowest BCUT2D eigenvalue weighted by atomic mass is 9.49. The molecule has 2 saturated heterocycles. The quantitative estimate of drug-likeness (QED) is 0.0960. The van der Waals surface area contributed by atoms with Gasteiger partial charge in [0, 0.05) is 28.6 Å². The summed E-state index contributed by atoms with van der Waals surface area (Å²) in [6.45, 7) is 2.04. The van der Waals surface area contributed by atoms with E-state index in [1.54, 1.807) is 73.7 Å². The van der Waals surface area contributed by atoms with E-state index in [1.165, 1.54) is 24.3 Å². The number of carbonyl (C=O) groups excluding carboxylic acids is 4. The van der Waals surface area contributed by atoms with Gasteiger partial charge < -0.3 is 9.84 Å². The highest BCUT2D eigenvalue weighted by molar-refractivity contribution is 6.32. The number of para-hydroxylation sites is 1. The van der Waals surface area contributed by atoms with Crippen LogP contribution in [-0.2, 0) is 24.6 Å². The van der Waals surface area contributed by atoms with Crippen LogP contribution in [0.15, 0.2) is 109 Å². The first-order valence-electron chi connectivity index (χ1n) is 17.1. The lowest BCUT2D eigenvalue weighted by Gasteiger charge is -2.50. The lowest BCUT2D eigenvalue weighted by molar-refractivity contribution is -0.384. The molecule has 12 heteroatoms. The normalized spacial score (nSPS) is 26.5. The van der Waals surface area contributed by atoms with E-state index in [4.69, 9.17) is 16.3 Å². The number of halogens is 1. The van der Waals surface area contributed by atoms with Gasteiger partial charge in [-0.1, -0.05) is 77.8 Å². The van der Waals surface area contributed by atoms with Crippen LogP contribution in [0.4, 0.5) is 17.1 Å². The summed E-state index contributed by atoms with van der Waals surface area (Å²) >= 11 is 6.38. The summed E-state index contributed by atoms with van der Waals surface area (Å²) < 4.78 is 5.80. The van der Waals surface area contributed by atoms with Crippen LogP contribution in [0.25, 0.3) is 0 Å². The van der Waals surface area contributed by atoms with Gasteiger partial charge >= 0.3 is 0 Å². The van der Waals surface area contributed by atoms with Crippen molar-refractivity contribution in [3.63, 3.8) is 0 Å². The molecule has 4 aromatic rings. The molecule has 11 nitrogen and oxygen atoms in total. The van der Waals surface area contributed by atoms with E-state index in [-0.39, 0.29) is 48.0 Å². The van der Waals surface area contributed by atoms with E-state index < -0.39 is 63.6 Å². The molecule has 2 aliphatic heterocycles. The SMILES string of the molecule is CCOc1cccc(C2C3=CCC4C(=O)N(c5cccc([N+](=O)[O-])c5)C(=O)C4C3CC3C(=O)N(c4cccc(Cl)c4)C(=O)C32c2ccccc2)c1O. The van der Waals surface area contributed by atoms with Gasteiger partial charge in [-0.3, -0.25) is 29.3 Å². The maximum atomic E-state index is 15.4. The summed E-state index contributed by atoms with van der Waals surface area (Å²) in [6.07, 6.45) is 2.07. The van der Waals surface area contributed by atoms with Gasteiger partial charge in [-0.25, -0.2) is 9.80 Å². The molecule has 8 rings (SSSR count). The van der Waals surface area contributed by atoms with Crippen LogP contribution in [0.1, 0.15) is 36.8 Å². The fraction of sp³-hybridized carbons (Fsp3) is 0.250. The second kappa shape index (κ2) is 12.4. The van der Waals surface area contributed by atoms with Gasteiger partial charge in [0.15, 0.2) is 11.5 Å². The number of imide groups is 2. The molecule has 262 valence electrons. The molecule has 2 heterocycles. The molecular formula is C40H32ClN3O8. The van der Waals surface area contributed by atoms with Crippen molar-refractivity contribution >= 4 is 52.3 Å². The molecule has 4 aromatic carbocycles. The number of amides is 4. The Morgan fingerprint density at radius 2 is 1.58 bits per heavy atom. The molecule has 3 fully saturated rings. The summed E-state index contributed by atoms with van der Waals surface area (Å²) in [6, 6.07) is 25.9. The molecule has 4 aliphatic rings. The van der Waals surface area contributed by atoms with E-state index in [0.29, 0.717) is 21.7 Å². The first-order chi connectivity index (χ1) is 25.1. The number of hydrogen-bond acceptors (Lipinski definition) is 8. The van der Waals surface area contributed by atoms with Crippen LogP contribution in [0, 0.1) is 33.8 Å². The molecule has 52 heavy (non-hydrogen) atoms. The van der Waals surface area contributed by atoms with Gasteiger partial charge in [-0.05, 0) is 61.6 Å². The third-order valence-electron chi connectivity index (χ3n) is 11.1. The van der Waals surface area contributed by atoms with Crippen LogP contribution in [0.2, 0.25) is 5.02 Å². The zero-order valence-electron chi connectivity index (χ0n) is 27.8. The molecule has 2 aliphatic carbocycles. The number of nitro groups is 1. The zero-order chi connectivity index (χ0) is 36.5. The number of rotatable bonds is 7. The van der Waals surface area contributed by atoms with E-state index in [9.17, 15) is 29.6 Å². The van der Waals surface area contributed by atoms with Crippen LogP contribution in [0.5, 0.6) is 11.5 Å². The smallest absolute Gasteiger partial charge is 0.271 e. The van der Waals surface area contributed by atoms with Crippen LogP contribution in [-0.4, -0.2) is 40.3 Å². The topological polar surface area (TPSA) is 147 Å². The maximum Gasteiger partial charge on any atom is 0.271 e. The molecule has 6 atom stereocenters. The number of phenolic OH excluding ortho intramolecular Hbond substituents is 1. The number of allylic oxidation sites excluding steroid dienone is 2. The van der Waals surface area contributed by atoms with E-state index in [0.717, 1.165) is 9.80 Å². The Morgan fingerprint density at radius 3 is 2.29 bits per heavy atom. The molecule has 1 N–H and O–H groups in total. The van der Waals surface area contributed by atoms with Crippen LogP contribution in [0.3, 0.4) is 0 Å². The van der Waals surface area contributed by atoms with Crippen molar-refractivity contribution in [1.29, 1.82) is 0 Å². The summed E-state index contributed by atoms with van der Waals surface area (Å²) in [5.74, 6) is -6.43. The van der Waals surface area contributed by atoms with Gasteiger partial charge in [-0.15, -0.1) is 0 Å². The van der Waals surface area contributed by atoms with Crippen molar-refractivity contribution in [3.05, 3.63) is 135 Å². The van der Waals surface area contributed by atoms with Gasteiger partial charge in [0.2, 0.25) is 23.6 Å². The summed E-state index contributed by atoms with van der Waals surface area (Å²) in [5, 5.41) is 23.8. The van der Waals surface area contributed by atoms with Gasteiger partial charge in [-0.2, -0.15) is 0 Å². The number of carbonyl (C=O) groups is 4. The van der Waals surface area contributed by atoms with E-state index in [2.05, 4.69) is 0 Å². The number of benzene rings is 4. The third-order valence-corrected chi connectivity index (χ3v) is 11.3. The van der Waals surface area contributed by atoms with Crippen molar-refractivity contribution in [1.82, 2.24) is 0 Å². The van der Waals surface area contributed by atoms with Gasteiger partial charge in [0.1, 0.15) is 0 Å². The Hall–Kier alpha value is -5.81. The number of hydrogen-bond donors (Lipinski definition) is 1. The molecule has 0 bridgehead atoms. The average Bonchev–Trinajstić information content (AvgIpc) is 3.53. The molecular weight excluding hydrogens is 686 g/mol. The largest absolute Gasteiger partial charge is 0.504 e. The minimum Gasteiger partial charge on any atom is -0.504 e. The van der Waals surface area contributed by atoms with E-state index >= 15 is 4.79 Å². The number of nitro benzene ring substituents is 1. The average molecular weight is 718 g/mol. The second-order valence-electron chi connectivity index (χ2n) is 13.5. The highest BCUT2D eigenvalue weighted by Crippen LogP contribution is 2.65. The molecule has 0 spiro atoms. The fourth-order valence-electron chi connectivity index (χ4n) is 9.13. The van der Waals surface area contributed by atoms with Crippen molar-refractivity contribution in [2.45, 2.75) is 31.1 Å². The highest BCUT2D eigenvalue weighted by atomic mass is 35.5. The number of aromatic hydroxyl groups is 1. The van der Waals surface area contributed by atoms with Gasteiger partial charge in [0.25, 0.3) is 5.69 Å².